The Morgan fingerprint density at radius 1 is 0.389 bits per heavy atom. The fourth-order valence-corrected chi connectivity index (χ4v) is 18.6. The summed E-state index contributed by atoms with van der Waals surface area (Å²) in [5.74, 6) is 6.99. The first-order chi connectivity index (χ1) is 62.7. The molecule has 9 aliphatic rings. The SMILES string of the molecule is CC(C)(C)OC(=O)N1CCN(c2ccc(Nc3ncc4c(n3)N(C3CCCC3)CC4)nc2)CC1.CCC(CC)N1C(=O)C(C)(C)c2cnc(Nc3ccc(N4CCN(C(=O)OC(C)(C)C)CC4)cc3)nc21.CCC(CC)N1C(=O)C(C)(C)c2cnc(Nc3ccc(N4CCNCC4)cc3)nc21.CCC(CC)N1C(=O)C(C)(C)c2cnc(Nc3ccc(N4CCNCC4)cn3)nc21. The summed E-state index contributed by atoms with van der Waals surface area (Å²) in [6.45, 7) is 50.3. The van der Waals surface area contributed by atoms with Crippen LogP contribution in [0.1, 0.15) is 211 Å². The quantitative estimate of drug-likeness (QED) is 0.0367. The van der Waals surface area contributed by atoms with E-state index in [0.717, 1.165) is 193 Å². The van der Waals surface area contributed by atoms with Crippen molar-refractivity contribution < 1.29 is 33.4 Å². The molecule has 5 fully saturated rings. The maximum Gasteiger partial charge on any atom is 0.410 e. The van der Waals surface area contributed by atoms with E-state index in [-0.39, 0.29) is 48.0 Å². The van der Waals surface area contributed by atoms with Crippen molar-refractivity contribution in [3.63, 3.8) is 0 Å². The molecule has 131 heavy (non-hydrogen) atoms. The molecule has 33 nitrogen and oxygen atoms in total. The number of amides is 5. The highest BCUT2D eigenvalue weighted by Crippen LogP contribution is 2.47. The number of carbonyl (C=O) groups excluding carboxylic acids is 5. The zero-order valence-electron chi connectivity index (χ0n) is 80.3. The molecule has 8 aliphatic heterocycles. The number of aromatic nitrogens is 10. The molecule has 8 aromatic rings. The average molecular weight is 1790 g/mol. The standard InChI is InChI=1S/C28H40N6O3.C25H35N7O2.C23H32N6O.C22H31N7O/c1-8-20(9-2)34-23-22(28(6,7)24(34)35)18-29-25(31-23)30-19-10-12-21(13-11-19)32-14-16-33(17-15-32)26(36)37-27(3,4)5;1-25(2,3)34-24(33)31-14-12-30(13-15-31)20-8-9-21(26-17-20)28-23-27-16-18-10-11-32(22(18)29-23)19-6-4-5-7-19;1-5-17(6-2)29-20-19(23(3,4)21(29)30)15-25-22(27-20)26-16-7-9-18(10-8-16)28-13-11-24-12-14-28;1-5-15(6-2)29-19-17(22(3,4)20(29)30)14-25-21(27-19)26-18-8-7-16(13-24-18)28-11-9-23-10-12-28/h10-13,18,20H,8-9,14-17H2,1-7H3,(H,29,30,31);8-9,16-17,19H,4-7,10-15H2,1-3H3,(H,26,27,28,29);7-10,15,17,24H,5-6,11-14H2,1-4H3,(H,25,26,27);7-8,13-15,23H,5-6,9-12H2,1-4H3,(H,24,25,26,27). The molecule has 1 saturated carbocycles. The topological polar surface area (TPSA) is 337 Å². The Labute approximate surface area is 773 Å². The summed E-state index contributed by atoms with van der Waals surface area (Å²) >= 11 is 0. The van der Waals surface area contributed by atoms with Gasteiger partial charge in [0.15, 0.2) is 0 Å². The Balaban J connectivity index is 0.000000141. The van der Waals surface area contributed by atoms with Gasteiger partial charge in [-0.25, -0.2) is 39.5 Å². The number of benzene rings is 2. The van der Waals surface area contributed by atoms with E-state index in [1.165, 1.54) is 36.9 Å². The lowest BCUT2D eigenvalue weighted by atomic mass is 9.88. The molecule has 0 spiro atoms. The van der Waals surface area contributed by atoms with Crippen LogP contribution < -0.4 is 71.1 Å². The molecule has 5 amide bonds. The summed E-state index contributed by atoms with van der Waals surface area (Å²) in [5, 5.41) is 19.8. The van der Waals surface area contributed by atoms with Gasteiger partial charge in [-0.15, -0.1) is 0 Å². The minimum atomic E-state index is -0.633. The highest BCUT2D eigenvalue weighted by Gasteiger charge is 2.51. The van der Waals surface area contributed by atoms with E-state index in [2.05, 4.69) is 176 Å². The number of hydrogen-bond donors (Lipinski definition) is 6. The van der Waals surface area contributed by atoms with Crippen LogP contribution in [0.4, 0.5) is 102 Å². The second-order valence-corrected chi connectivity index (χ2v) is 38.8. The van der Waals surface area contributed by atoms with Crippen LogP contribution in [-0.2, 0) is 46.5 Å². The zero-order chi connectivity index (χ0) is 93.3. The Bertz CT molecular complexity index is 5080. The van der Waals surface area contributed by atoms with Gasteiger partial charge in [-0.2, -0.15) is 19.9 Å². The van der Waals surface area contributed by atoms with Crippen molar-refractivity contribution in [2.75, 3.05) is 172 Å². The number of hydrogen-bond acceptors (Lipinski definition) is 28. The maximum absolute atomic E-state index is 13.2. The van der Waals surface area contributed by atoms with Crippen molar-refractivity contribution in [2.24, 2.45) is 0 Å². The predicted octanol–water partition coefficient (Wildman–Crippen LogP) is 15.3. The molecule has 1 aliphatic carbocycles. The van der Waals surface area contributed by atoms with Gasteiger partial charge < -0.3 is 75.7 Å². The van der Waals surface area contributed by atoms with Gasteiger partial charge in [0.1, 0.15) is 46.1 Å². The molecule has 702 valence electrons. The highest BCUT2D eigenvalue weighted by molar-refractivity contribution is 6.09. The average Bonchev–Trinajstić information content (AvgIpc) is 1.60. The second-order valence-electron chi connectivity index (χ2n) is 38.8. The molecule has 0 radical (unpaired) electrons. The Morgan fingerprint density at radius 2 is 0.702 bits per heavy atom. The van der Waals surface area contributed by atoms with E-state index >= 15 is 0 Å². The van der Waals surface area contributed by atoms with Crippen molar-refractivity contribution in [3.8, 4) is 0 Å². The van der Waals surface area contributed by atoms with Crippen LogP contribution in [0.25, 0.3) is 0 Å². The van der Waals surface area contributed by atoms with Crippen molar-refractivity contribution >= 4 is 123 Å². The number of nitrogens with one attached hydrogen (secondary N) is 6. The van der Waals surface area contributed by atoms with Crippen molar-refractivity contribution in [1.29, 1.82) is 0 Å². The summed E-state index contributed by atoms with van der Waals surface area (Å²) in [6, 6.07) is 25.5. The molecule has 17 rings (SSSR count). The smallest absolute Gasteiger partial charge is 0.410 e. The number of anilines is 16. The van der Waals surface area contributed by atoms with Gasteiger partial charge in [-0.05, 0) is 214 Å². The fourth-order valence-electron chi connectivity index (χ4n) is 18.6. The Hall–Kier alpha value is -11.9. The summed E-state index contributed by atoms with van der Waals surface area (Å²) in [6.07, 6.45) is 22.1. The first-order valence-corrected chi connectivity index (χ1v) is 47.5. The largest absolute Gasteiger partial charge is 0.444 e. The molecule has 33 heteroatoms. The molecule has 0 atom stereocenters. The van der Waals surface area contributed by atoms with Crippen LogP contribution in [0.3, 0.4) is 0 Å². The normalized spacial score (nSPS) is 18.1. The third kappa shape index (κ3) is 21.8. The lowest BCUT2D eigenvalue weighted by Gasteiger charge is -2.36. The number of rotatable bonds is 22. The van der Waals surface area contributed by atoms with Crippen LogP contribution >= 0.6 is 0 Å². The zero-order valence-corrected chi connectivity index (χ0v) is 80.3. The van der Waals surface area contributed by atoms with Crippen LogP contribution in [0.5, 0.6) is 0 Å². The van der Waals surface area contributed by atoms with Gasteiger partial charge in [-0.1, -0.05) is 54.4 Å². The van der Waals surface area contributed by atoms with Crippen molar-refractivity contribution in [3.05, 3.63) is 132 Å². The maximum atomic E-state index is 13.2. The van der Waals surface area contributed by atoms with E-state index in [4.69, 9.17) is 29.4 Å². The summed E-state index contributed by atoms with van der Waals surface area (Å²) in [4.78, 5) is 131. The highest BCUT2D eigenvalue weighted by atomic mass is 16.6. The molecule has 0 unspecified atom stereocenters. The number of nitrogens with zero attached hydrogens (tertiary/aromatic N) is 20. The van der Waals surface area contributed by atoms with E-state index in [1.807, 2.05) is 141 Å². The minimum Gasteiger partial charge on any atom is -0.444 e. The molecule has 14 heterocycles. The van der Waals surface area contributed by atoms with Gasteiger partial charge in [0, 0.05) is 205 Å². The van der Waals surface area contributed by atoms with Gasteiger partial charge in [0.25, 0.3) is 0 Å². The van der Waals surface area contributed by atoms with E-state index in [1.54, 1.807) is 28.4 Å². The summed E-state index contributed by atoms with van der Waals surface area (Å²) < 4.78 is 11.0. The molecule has 6 N–H and O–H groups in total. The van der Waals surface area contributed by atoms with Gasteiger partial charge in [-0.3, -0.25) is 29.1 Å². The molecule has 6 aromatic heterocycles. The summed E-state index contributed by atoms with van der Waals surface area (Å²) in [7, 11) is 0. The Morgan fingerprint density at radius 3 is 1.04 bits per heavy atom. The third-order valence-electron chi connectivity index (χ3n) is 26.5. The van der Waals surface area contributed by atoms with E-state index < -0.39 is 27.4 Å². The van der Waals surface area contributed by atoms with Gasteiger partial charge in [0.05, 0.1) is 40.0 Å². The van der Waals surface area contributed by atoms with Crippen LogP contribution in [-0.4, -0.2) is 236 Å². The monoisotopic (exact) mass is 1790 g/mol. The molecule has 2 aromatic carbocycles. The first-order valence-electron chi connectivity index (χ1n) is 47.5. The molecular formula is C98H138N26O7. The minimum absolute atomic E-state index is 0.0822. The lowest BCUT2D eigenvalue weighted by molar-refractivity contribution is -0.123. The van der Waals surface area contributed by atoms with Crippen LogP contribution in [0, 0.1) is 0 Å². The third-order valence-corrected chi connectivity index (χ3v) is 26.5. The summed E-state index contributed by atoms with van der Waals surface area (Å²) in [5.41, 5.74) is 7.37. The fraction of sp³-hybridized carbons (Fsp3) is 0.561. The number of carbonyl (C=O) groups is 5. The lowest BCUT2D eigenvalue weighted by Crippen LogP contribution is -2.50. The molecule has 0 bridgehead atoms. The number of fused-ring (bicyclic) bond motifs is 4. The second kappa shape index (κ2) is 40.9. The first kappa shape index (κ1) is 95.2. The van der Waals surface area contributed by atoms with E-state index in [0.29, 0.717) is 73.5 Å². The van der Waals surface area contributed by atoms with Crippen molar-refractivity contribution in [2.45, 2.75) is 247 Å². The molecule has 4 saturated heterocycles. The van der Waals surface area contributed by atoms with E-state index in [9.17, 15) is 24.0 Å². The number of ether oxygens (including phenoxy) is 2. The number of pyridine rings is 2. The van der Waals surface area contributed by atoms with Gasteiger partial charge in [0.2, 0.25) is 41.5 Å². The number of piperazine rings is 4. The Kier molecular flexibility index (Phi) is 29.7. The predicted molar refractivity (Wildman–Crippen MR) is 521 cm³/mol. The van der Waals surface area contributed by atoms with Crippen molar-refractivity contribution in [1.82, 2.24) is 70.3 Å². The van der Waals surface area contributed by atoms with Crippen LogP contribution in [0.2, 0.25) is 0 Å². The van der Waals surface area contributed by atoms with Gasteiger partial charge >= 0.3 is 12.2 Å². The molecular weight excluding hydrogens is 1650 g/mol. The van der Waals surface area contributed by atoms with Crippen LogP contribution in [0.15, 0.2) is 110 Å².